The Morgan fingerprint density at radius 3 is 2.72 bits per heavy atom. The Balaban J connectivity index is 2.53. The van der Waals surface area contributed by atoms with Crippen LogP contribution in [0.25, 0.3) is 0 Å². The van der Waals surface area contributed by atoms with Crippen LogP contribution in [0.15, 0.2) is 18.2 Å². The predicted molar refractivity (Wildman–Crippen MR) is 76.1 cm³/mol. The fourth-order valence-electron chi connectivity index (χ4n) is 1.56. The Hall–Kier alpha value is -0.770. The third-order valence-corrected chi connectivity index (χ3v) is 3.20. The summed E-state index contributed by atoms with van der Waals surface area (Å²) in [7, 11) is 1.78. The quantitative estimate of drug-likeness (QED) is 0.817. The summed E-state index contributed by atoms with van der Waals surface area (Å²) in [6.07, 6.45) is 0.496. The number of carbonyl (C=O) groups excluding carboxylic acids is 1. The van der Waals surface area contributed by atoms with Crippen molar-refractivity contribution in [2.24, 2.45) is 0 Å². The predicted octanol–water partition coefficient (Wildman–Crippen LogP) is 2.95. The zero-order valence-electron chi connectivity index (χ0n) is 10.7. The van der Waals surface area contributed by atoms with Gasteiger partial charge >= 0.3 is 0 Å². The van der Waals surface area contributed by atoms with Crippen LogP contribution < -0.4 is 5.32 Å². The largest absolute Gasteiger partial charge is 0.341 e. The van der Waals surface area contributed by atoms with E-state index in [0.717, 1.165) is 12.1 Å². The van der Waals surface area contributed by atoms with E-state index in [0.29, 0.717) is 29.6 Å². The molecule has 0 spiro atoms. The van der Waals surface area contributed by atoms with Crippen molar-refractivity contribution in [3.8, 4) is 0 Å². The first-order valence-electron chi connectivity index (χ1n) is 5.93. The second-order valence-electron chi connectivity index (χ2n) is 4.09. The third-order valence-electron chi connectivity index (χ3n) is 2.61. The van der Waals surface area contributed by atoms with Crippen LogP contribution in [-0.2, 0) is 11.3 Å². The first-order chi connectivity index (χ1) is 8.54. The van der Waals surface area contributed by atoms with Gasteiger partial charge < -0.3 is 10.2 Å². The Morgan fingerprint density at radius 1 is 1.39 bits per heavy atom. The summed E-state index contributed by atoms with van der Waals surface area (Å²) in [6, 6.07) is 5.31. The molecule has 0 atom stereocenters. The second-order valence-corrected chi connectivity index (χ2v) is 4.93. The van der Waals surface area contributed by atoms with Crippen molar-refractivity contribution < 1.29 is 4.79 Å². The van der Waals surface area contributed by atoms with E-state index in [1.165, 1.54) is 0 Å². The van der Waals surface area contributed by atoms with Crippen LogP contribution >= 0.6 is 23.2 Å². The van der Waals surface area contributed by atoms with Gasteiger partial charge in [0.1, 0.15) is 0 Å². The number of hydrogen-bond donors (Lipinski definition) is 1. The molecule has 0 aliphatic heterocycles. The first kappa shape index (κ1) is 15.3. The van der Waals surface area contributed by atoms with Gasteiger partial charge in [-0.05, 0) is 24.2 Å². The van der Waals surface area contributed by atoms with Gasteiger partial charge in [0.05, 0.1) is 0 Å². The van der Waals surface area contributed by atoms with E-state index < -0.39 is 0 Å². The van der Waals surface area contributed by atoms with Gasteiger partial charge in [0.2, 0.25) is 5.91 Å². The highest BCUT2D eigenvalue weighted by molar-refractivity contribution is 6.35. The molecule has 100 valence electrons. The second kappa shape index (κ2) is 7.62. The molecular formula is C13H18Cl2N2O. The van der Waals surface area contributed by atoms with E-state index in [1.807, 2.05) is 13.0 Å². The number of hydrogen-bond acceptors (Lipinski definition) is 2. The molecule has 1 amide bonds. The summed E-state index contributed by atoms with van der Waals surface area (Å²) >= 11 is 11.9. The monoisotopic (exact) mass is 288 g/mol. The number of nitrogens with zero attached hydrogens (tertiary/aromatic N) is 1. The van der Waals surface area contributed by atoms with Crippen molar-refractivity contribution in [2.45, 2.75) is 19.9 Å². The Bertz CT molecular complexity index is 410. The highest BCUT2D eigenvalue weighted by Gasteiger charge is 2.10. The molecule has 0 aliphatic rings. The molecule has 18 heavy (non-hydrogen) atoms. The number of halogens is 2. The maximum atomic E-state index is 11.8. The lowest BCUT2D eigenvalue weighted by atomic mass is 10.2. The molecule has 0 fully saturated rings. The molecule has 3 nitrogen and oxygen atoms in total. The van der Waals surface area contributed by atoms with Crippen molar-refractivity contribution >= 4 is 29.1 Å². The minimum Gasteiger partial charge on any atom is -0.341 e. The van der Waals surface area contributed by atoms with Crippen LogP contribution in [0.4, 0.5) is 0 Å². The van der Waals surface area contributed by atoms with Crippen molar-refractivity contribution in [3.05, 3.63) is 33.8 Å². The van der Waals surface area contributed by atoms with Gasteiger partial charge in [-0.15, -0.1) is 0 Å². The van der Waals surface area contributed by atoms with Gasteiger partial charge in [-0.3, -0.25) is 4.79 Å². The van der Waals surface area contributed by atoms with E-state index in [2.05, 4.69) is 5.32 Å². The van der Waals surface area contributed by atoms with Gasteiger partial charge in [-0.1, -0.05) is 36.2 Å². The normalized spacial score (nSPS) is 10.4. The zero-order valence-corrected chi connectivity index (χ0v) is 12.2. The van der Waals surface area contributed by atoms with Crippen LogP contribution in [0, 0.1) is 0 Å². The van der Waals surface area contributed by atoms with E-state index in [4.69, 9.17) is 23.2 Å². The average Bonchev–Trinajstić information content (AvgIpc) is 2.32. The van der Waals surface area contributed by atoms with Crippen LogP contribution in [0.1, 0.15) is 18.9 Å². The minimum absolute atomic E-state index is 0.0990. The Labute approximate surface area is 118 Å². The minimum atomic E-state index is 0.0990. The molecule has 1 rings (SSSR count). The highest BCUT2D eigenvalue weighted by atomic mass is 35.5. The van der Waals surface area contributed by atoms with Crippen molar-refractivity contribution in [2.75, 3.05) is 20.1 Å². The molecule has 0 aromatic heterocycles. The smallest absolute Gasteiger partial charge is 0.223 e. The van der Waals surface area contributed by atoms with Crippen LogP contribution in [0.2, 0.25) is 10.0 Å². The molecular weight excluding hydrogens is 271 g/mol. The Morgan fingerprint density at radius 2 is 2.11 bits per heavy atom. The van der Waals surface area contributed by atoms with Crippen molar-refractivity contribution in [1.82, 2.24) is 10.2 Å². The van der Waals surface area contributed by atoms with Gasteiger partial charge in [-0.25, -0.2) is 0 Å². The number of rotatable bonds is 6. The maximum absolute atomic E-state index is 11.8. The van der Waals surface area contributed by atoms with E-state index >= 15 is 0 Å². The molecule has 0 aliphatic carbocycles. The van der Waals surface area contributed by atoms with Crippen LogP contribution in [0.3, 0.4) is 0 Å². The third kappa shape index (κ3) is 4.84. The summed E-state index contributed by atoms with van der Waals surface area (Å²) in [5.41, 5.74) is 0.903. The molecule has 1 aromatic rings. The lowest BCUT2D eigenvalue weighted by Gasteiger charge is -2.18. The molecule has 0 saturated carbocycles. The highest BCUT2D eigenvalue weighted by Crippen LogP contribution is 2.22. The first-order valence-corrected chi connectivity index (χ1v) is 6.68. The van der Waals surface area contributed by atoms with Crippen molar-refractivity contribution in [1.29, 1.82) is 0 Å². The summed E-state index contributed by atoms with van der Waals surface area (Å²) in [4.78, 5) is 13.5. The standard InChI is InChI=1S/C13H18Cl2N2O/c1-3-16-7-6-13(18)17(2)9-10-4-5-11(14)8-12(10)15/h4-5,8,16H,3,6-7,9H2,1-2H3. The number of amides is 1. The number of carbonyl (C=O) groups is 1. The molecule has 1 aromatic carbocycles. The molecule has 0 heterocycles. The van der Waals surface area contributed by atoms with Gasteiger partial charge in [0.25, 0.3) is 0 Å². The lowest BCUT2D eigenvalue weighted by Crippen LogP contribution is -2.29. The number of benzene rings is 1. The van der Waals surface area contributed by atoms with E-state index in [9.17, 15) is 4.79 Å². The summed E-state index contributed by atoms with van der Waals surface area (Å²) in [5, 5.41) is 4.32. The van der Waals surface area contributed by atoms with Gasteiger partial charge in [0.15, 0.2) is 0 Å². The Kier molecular flexibility index (Phi) is 6.47. The molecule has 0 saturated heterocycles. The maximum Gasteiger partial charge on any atom is 0.223 e. The van der Waals surface area contributed by atoms with Crippen LogP contribution in [-0.4, -0.2) is 30.9 Å². The molecule has 5 heteroatoms. The number of nitrogens with one attached hydrogen (secondary N) is 1. The molecule has 1 N–H and O–H groups in total. The van der Waals surface area contributed by atoms with Crippen LogP contribution in [0.5, 0.6) is 0 Å². The van der Waals surface area contributed by atoms with Gasteiger partial charge in [-0.2, -0.15) is 0 Å². The van der Waals surface area contributed by atoms with E-state index in [-0.39, 0.29) is 5.91 Å². The van der Waals surface area contributed by atoms with E-state index in [1.54, 1.807) is 24.1 Å². The molecule has 0 unspecified atom stereocenters. The average molecular weight is 289 g/mol. The van der Waals surface area contributed by atoms with Crippen molar-refractivity contribution in [3.63, 3.8) is 0 Å². The lowest BCUT2D eigenvalue weighted by molar-refractivity contribution is -0.130. The fourth-order valence-corrected chi connectivity index (χ4v) is 2.02. The topological polar surface area (TPSA) is 32.3 Å². The SMILES string of the molecule is CCNCCC(=O)N(C)Cc1ccc(Cl)cc1Cl. The zero-order chi connectivity index (χ0) is 13.5. The summed E-state index contributed by atoms with van der Waals surface area (Å²) in [6.45, 7) is 4.09. The summed E-state index contributed by atoms with van der Waals surface area (Å²) < 4.78 is 0. The molecule has 0 bridgehead atoms. The van der Waals surface area contributed by atoms with Gasteiger partial charge in [0, 0.05) is 36.6 Å². The molecule has 0 radical (unpaired) electrons. The fraction of sp³-hybridized carbons (Fsp3) is 0.462. The summed E-state index contributed by atoms with van der Waals surface area (Å²) in [5.74, 6) is 0.0990.